The predicted octanol–water partition coefficient (Wildman–Crippen LogP) is 8.53. The molecule has 1 aliphatic heterocycles. The quantitative estimate of drug-likeness (QED) is 0.181. The van der Waals surface area contributed by atoms with Crippen LogP contribution in [0.4, 0.5) is 0 Å². The first-order valence-corrected chi connectivity index (χ1v) is 13.5. The van der Waals surface area contributed by atoms with Crippen LogP contribution in [0.15, 0.2) is 97.1 Å². The molecule has 186 valence electrons. The van der Waals surface area contributed by atoms with Crippen LogP contribution in [0.1, 0.15) is 33.3 Å². The molecule has 0 N–H and O–H groups in total. The van der Waals surface area contributed by atoms with Crippen LogP contribution in [0.5, 0.6) is 0 Å². The minimum absolute atomic E-state index is 0.363. The maximum atomic E-state index is 6.36. The van der Waals surface area contributed by atoms with Gasteiger partial charge in [0.1, 0.15) is 0 Å². The molecule has 0 spiro atoms. The maximum Gasteiger partial charge on any atom is 0.494 e. The van der Waals surface area contributed by atoms with Gasteiger partial charge in [-0.2, -0.15) is 0 Å². The van der Waals surface area contributed by atoms with E-state index in [4.69, 9.17) is 9.31 Å². The minimum atomic E-state index is -0.375. The summed E-state index contributed by atoms with van der Waals surface area (Å²) in [5.74, 6) is 0. The van der Waals surface area contributed by atoms with Gasteiger partial charge in [0.15, 0.2) is 0 Å². The summed E-state index contributed by atoms with van der Waals surface area (Å²) >= 11 is 0. The summed E-state index contributed by atoms with van der Waals surface area (Å²) in [6.45, 7) is 10.6. The van der Waals surface area contributed by atoms with Crippen LogP contribution in [0, 0.1) is 6.92 Å². The van der Waals surface area contributed by atoms with Crippen LogP contribution in [0.3, 0.4) is 0 Å². The molecule has 1 aliphatic rings. The topological polar surface area (TPSA) is 18.5 Å². The van der Waals surface area contributed by atoms with Gasteiger partial charge < -0.3 is 9.31 Å². The smallest absolute Gasteiger partial charge is 0.399 e. The summed E-state index contributed by atoms with van der Waals surface area (Å²) in [6.07, 6.45) is 0. The summed E-state index contributed by atoms with van der Waals surface area (Å²) in [7, 11) is -0.375. The van der Waals surface area contributed by atoms with Crippen LogP contribution < -0.4 is 5.46 Å². The van der Waals surface area contributed by atoms with Crippen molar-refractivity contribution in [2.24, 2.45) is 0 Å². The van der Waals surface area contributed by atoms with Crippen molar-refractivity contribution in [1.29, 1.82) is 0 Å². The lowest BCUT2D eigenvalue weighted by Crippen LogP contribution is -2.41. The van der Waals surface area contributed by atoms with Crippen molar-refractivity contribution in [2.75, 3.05) is 0 Å². The molecular formula is C35H31BO2. The zero-order valence-corrected chi connectivity index (χ0v) is 22.6. The van der Waals surface area contributed by atoms with Crippen molar-refractivity contribution in [3.05, 3.63) is 103 Å². The Balaban J connectivity index is 1.35. The van der Waals surface area contributed by atoms with E-state index in [1.54, 1.807) is 0 Å². The fourth-order valence-electron chi connectivity index (χ4n) is 5.92. The highest BCUT2D eigenvalue weighted by Gasteiger charge is 2.51. The Labute approximate surface area is 224 Å². The first-order valence-electron chi connectivity index (χ1n) is 13.5. The van der Waals surface area contributed by atoms with E-state index >= 15 is 0 Å². The molecular weight excluding hydrogens is 463 g/mol. The van der Waals surface area contributed by atoms with E-state index in [0.717, 1.165) is 5.46 Å². The SMILES string of the molecule is Cc1ccc(B2OC(C)(C)C(C)(C)O2)cc1-c1cccc(-c2ccc3ccc4cccc5ccc2c3c45)c1. The van der Waals surface area contributed by atoms with Gasteiger partial charge in [-0.15, -0.1) is 0 Å². The number of aryl methyl sites for hydroxylation is 1. The van der Waals surface area contributed by atoms with E-state index in [2.05, 4.69) is 132 Å². The van der Waals surface area contributed by atoms with Crippen LogP contribution in [0.25, 0.3) is 54.6 Å². The van der Waals surface area contributed by atoms with Crippen molar-refractivity contribution in [3.8, 4) is 22.3 Å². The molecule has 0 radical (unpaired) electrons. The highest BCUT2D eigenvalue weighted by molar-refractivity contribution is 6.62. The molecule has 2 nitrogen and oxygen atoms in total. The van der Waals surface area contributed by atoms with Gasteiger partial charge in [0, 0.05) is 0 Å². The standard InChI is InChI=1S/C35H31BO2/c1-22-12-17-28(36-37-34(2,3)35(4,5)38-36)21-31(22)27-11-7-10-26(20-27)29-18-15-25-14-13-23-8-6-9-24-16-19-30(29)33(25)32(23)24/h6-21H,1-5H3. The predicted molar refractivity (Wildman–Crippen MR) is 161 cm³/mol. The van der Waals surface area contributed by atoms with E-state index in [1.165, 1.54) is 60.1 Å². The van der Waals surface area contributed by atoms with E-state index < -0.39 is 0 Å². The summed E-state index contributed by atoms with van der Waals surface area (Å²) in [5, 5.41) is 7.87. The Morgan fingerprint density at radius 1 is 0.553 bits per heavy atom. The largest absolute Gasteiger partial charge is 0.494 e. The van der Waals surface area contributed by atoms with E-state index in [0.29, 0.717) is 0 Å². The molecule has 6 aromatic carbocycles. The van der Waals surface area contributed by atoms with Crippen molar-refractivity contribution in [1.82, 2.24) is 0 Å². The Bertz CT molecular complexity index is 1820. The number of benzene rings is 6. The fourth-order valence-corrected chi connectivity index (χ4v) is 5.92. The summed E-state index contributed by atoms with van der Waals surface area (Å²) in [5.41, 5.74) is 6.45. The van der Waals surface area contributed by atoms with Gasteiger partial charge in [0.05, 0.1) is 11.2 Å². The first kappa shape index (κ1) is 23.5. The van der Waals surface area contributed by atoms with Crippen molar-refractivity contribution in [2.45, 2.75) is 45.8 Å². The lowest BCUT2D eigenvalue weighted by Gasteiger charge is -2.32. The second-order valence-electron chi connectivity index (χ2n) is 11.7. The summed E-state index contributed by atoms with van der Waals surface area (Å²) in [6, 6.07) is 35.6. The van der Waals surface area contributed by atoms with Crippen molar-refractivity contribution >= 4 is 44.9 Å². The molecule has 38 heavy (non-hydrogen) atoms. The molecule has 1 saturated heterocycles. The van der Waals surface area contributed by atoms with Gasteiger partial charge in [-0.25, -0.2) is 0 Å². The molecule has 0 amide bonds. The number of hydrogen-bond donors (Lipinski definition) is 0. The first-order chi connectivity index (χ1) is 18.2. The second-order valence-corrected chi connectivity index (χ2v) is 11.7. The monoisotopic (exact) mass is 494 g/mol. The van der Waals surface area contributed by atoms with E-state index in [1.807, 2.05) is 0 Å². The maximum absolute atomic E-state index is 6.36. The molecule has 0 unspecified atom stereocenters. The Morgan fingerprint density at radius 2 is 1.13 bits per heavy atom. The molecule has 1 heterocycles. The lowest BCUT2D eigenvalue weighted by atomic mass is 9.77. The fraction of sp³-hybridized carbons (Fsp3) is 0.200. The minimum Gasteiger partial charge on any atom is -0.399 e. The van der Waals surface area contributed by atoms with Gasteiger partial charge in [0.25, 0.3) is 0 Å². The highest BCUT2D eigenvalue weighted by atomic mass is 16.7. The molecule has 0 aromatic heterocycles. The molecule has 1 fully saturated rings. The van der Waals surface area contributed by atoms with Crippen LogP contribution in [-0.2, 0) is 9.31 Å². The number of hydrogen-bond acceptors (Lipinski definition) is 2. The lowest BCUT2D eigenvalue weighted by molar-refractivity contribution is 0.00578. The molecule has 0 bridgehead atoms. The van der Waals surface area contributed by atoms with Gasteiger partial charge >= 0.3 is 7.12 Å². The average molecular weight is 494 g/mol. The van der Waals surface area contributed by atoms with E-state index in [-0.39, 0.29) is 18.3 Å². The molecule has 0 saturated carbocycles. The van der Waals surface area contributed by atoms with Crippen LogP contribution in [-0.4, -0.2) is 18.3 Å². The summed E-state index contributed by atoms with van der Waals surface area (Å²) < 4.78 is 12.7. The van der Waals surface area contributed by atoms with Crippen molar-refractivity contribution < 1.29 is 9.31 Å². The molecule has 3 heteroatoms. The van der Waals surface area contributed by atoms with Crippen LogP contribution in [0.2, 0.25) is 0 Å². The third-order valence-corrected chi connectivity index (χ3v) is 8.80. The molecule has 7 rings (SSSR count). The zero-order valence-electron chi connectivity index (χ0n) is 22.6. The normalized spacial score (nSPS) is 16.7. The van der Waals surface area contributed by atoms with Gasteiger partial charge in [-0.1, -0.05) is 91.0 Å². The van der Waals surface area contributed by atoms with E-state index in [9.17, 15) is 0 Å². The highest BCUT2D eigenvalue weighted by Crippen LogP contribution is 2.40. The Hall–Kier alpha value is -3.66. The zero-order chi connectivity index (χ0) is 26.2. The van der Waals surface area contributed by atoms with Gasteiger partial charge in [0.2, 0.25) is 0 Å². The molecule has 0 atom stereocenters. The molecule has 6 aromatic rings. The third kappa shape index (κ3) is 3.50. The van der Waals surface area contributed by atoms with Crippen LogP contribution >= 0.6 is 0 Å². The molecule has 0 aliphatic carbocycles. The third-order valence-electron chi connectivity index (χ3n) is 8.80. The average Bonchev–Trinajstić information content (AvgIpc) is 3.14. The van der Waals surface area contributed by atoms with Crippen molar-refractivity contribution in [3.63, 3.8) is 0 Å². The Morgan fingerprint density at radius 3 is 1.84 bits per heavy atom. The summed E-state index contributed by atoms with van der Waals surface area (Å²) in [4.78, 5) is 0. The van der Waals surface area contributed by atoms with Gasteiger partial charge in [-0.3, -0.25) is 0 Å². The Kier molecular flexibility index (Phi) is 5.04. The van der Waals surface area contributed by atoms with Gasteiger partial charge in [-0.05, 0) is 106 Å². The second kappa shape index (κ2) is 8.17. The number of rotatable bonds is 3.